The molecule has 0 radical (unpaired) electrons. The van der Waals surface area contributed by atoms with Crippen LogP contribution >= 0.6 is 11.3 Å². The van der Waals surface area contributed by atoms with Gasteiger partial charge >= 0.3 is 0 Å². The zero-order chi connectivity index (χ0) is 21.0. The zero-order valence-corrected chi connectivity index (χ0v) is 18.1. The highest BCUT2D eigenvalue weighted by atomic mass is 32.1. The predicted octanol–water partition coefficient (Wildman–Crippen LogP) is 2.89. The van der Waals surface area contributed by atoms with E-state index < -0.39 is 6.23 Å². The minimum Gasteiger partial charge on any atom is -0.488 e. The maximum atomic E-state index is 10.3. The number of aromatic nitrogens is 3. The Labute approximate surface area is 185 Å². The van der Waals surface area contributed by atoms with Crippen molar-refractivity contribution in [2.75, 3.05) is 31.2 Å². The van der Waals surface area contributed by atoms with Crippen LogP contribution in [0.4, 0.5) is 5.69 Å². The van der Waals surface area contributed by atoms with Crippen LogP contribution < -0.4 is 15.0 Å². The number of aliphatic hydroxyl groups excluding tert-OH is 1. The van der Waals surface area contributed by atoms with Gasteiger partial charge in [0.1, 0.15) is 16.3 Å². The van der Waals surface area contributed by atoms with Crippen molar-refractivity contribution in [3.05, 3.63) is 41.1 Å². The summed E-state index contributed by atoms with van der Waals surface area (Å²) < 4.78 is 12.0. The lowest BCUT2D eigenvalue weighted by Crippen LogP contribution is -2.38. The number of hydrogen-bond acceptors (Lipinski definition) is 9. The summed E-state index contributed by atoms with van der Waals surface area (Å²) in [7, 11) is 0. The van der Waals surface area contributed by atoms with E-state index in [2.05, 4.69) is 37.3 Å². The molecule has 5 rings (SSSR count). The highest BCUT2D eigenvalue weighted by Gasteiger charge is 2.26. The van der Waals surface area contributed by atoms with E-state index >= 15 is 0 Å². The number of fused-ring (bicyclic) bond motifs is 1. The number of morpholine rings is 1. The summed E-state index contributed by atoms with van der Waals surface area (Å²) in [6.07, 6.45) is 8.31. The summed E-state index contributed by atoms with van der Waals surface area (Å²) in [5.41, 5.74) is 2.76. The fourth-order valence-electron chi connectivity index (χ4n) is 4.31. The molecular formula is C22H27N5O3S. The molecule has 2 aromatic heterocycles. The first-order valence-corrected chi connectivity index (χ1v) is 11.7. The summed E-state index contributed by atoms with van der Waals surface area (Å²) in [5, 5.41) is 16.2. The molecule has 1 aliphatic carbocycles. The Morgan fingerprint density at radius 3 is 2.65 bits per heavy atom. The highest BCUT2D eigenvalue weighted by molar-refractivity contribution is 7.09. The lowest BCUT2D eigenvalue weighted by molar-refractivity contribution is 0.0889. The lowest BCUT2D eigenvalue weighted by Gasteiger charge is -2.32. The molecular weight excluding hydrogens is 414 g/mol. The van der Waals surface area contributed by atoms with Crippen LogP contribution in [0.15, 0.2) is 36.1 Å². The van der Waals surface area contributed by atoms with Gasteiger partial charge in [0.15, 0.2) is 6.23 Å². The number of rotatable bonds is 6. The molecule has 8 nitrogen and oxygen atoms in total. The Morgan fingerprint density at radius 1 is 1.06 bits per heavy atom. The summed E-state index contributed by atoms with van der Waals surface area (Å²) in [6.45, 7) is 3.20. The molecule has 1 saturated heterocycles. The summed E-state index contributed by atoms with van der Waals surface area (Å²) in [5.74, 6) is 0.798. The van der Waals surface area contributed by atoms with E-state index in [0.29, 0.717) is 5.01 Å². The molecule has 0 bridgehead atoms. The first-order valence-electron chi connectivity index (χ1n) is 10.8. The van der Waals surface area contributed by atoms with Crippen molar-refractivity contribution in [3.63, 3.8) is 0 Å². The Bertz CT molecular complexity index is 988. The normalized spacial score (nSPS) is 23.1. The van der Waals surface area contributed by atoms with Crippen LogP contribution in [0.25, 0.3) is 11.0 Å². The van der Waals surface area contributed by atoms with Crippen molar-refractivity contribution in [1.82, 2.24) is 20.3 Å². The van der Waals surface area contributed by atoms with Crippen molar-refractivity contribution < 1.29 is 14.6 Å². The van der Waals surface area contributed by atoms with Gasteiger partial charge in [0.2, 0.25) is 0 Å². The van der Waals surface area contributed by atoms with Gasteiger partial charge in [0.25, 0.3) is 0 Å². The first-order chi connectivity index (χ1) is 15.3. The van der Waals surface area contributed by atoms with Crippen LogP contribution in [0, 0.1) is 0 Å². The number of nitrogens with one attached hydrogen (secondary N) is 1. The molecule has 1 atom stereocenters. The average molecular weight is 442 g/mol. The Hall–Kier alpha value is -2.33. The van der Waals surface area contributed by atoms with Gasteiger partial charge in [-0.3, -0.25) is 10.3 Å². The van der Waals surface area contributed by atoms with Crippen molar-refractivity contribution in [1.29, 1.82) is 0 Å². The number of aliphatic hydroxyl groups is 1. The van der Waals surface area contributed by atoms with E-state index in [0.717, 1.165) is 74.5 Å². The van der Waals surface area contributed by atoms with E-state index in [1.54, 1.807) is 18.6 Å². The third-order valence-corrected chi connectivity index (χ3v) is 6.77. The quantitative estimate of drug-likeness (QED) is 0.564. The summed E-state index contributed by atoms with van der Waals surface area (Å²) in [4.78, 5) is 15.5. The highest BCUT2D eigenvalue weighted by Crippen LogP contribution is 2.33. The number of hydrogen-bond donors (Lipinski definition) is 2. The summed E-state index contributed by atoms with van der Waals surface area (Å²) in [6, 6.07) is 4.44. The molecule has 3 heterocycles. The number of ether oxygens (including phenoxy) is 2. The molecule has 1 saturated carbocycles. The molecule has 1 unspecified atom stereocenters. The predicted molar refractivity (Wildman–Crippen MR) is 119 cm³/mol. The third kappa shape index (κ3) is 4.79. The van der Waals surface area contributed by atoms with Crippen molar-refractivity contribution in [2.45, 2.75) is 44.1 Å². The largest absolute Gasteiger partial charge is 0.488 e. The molecule has 2 aliphatic rings. The van der Waals surface area contributed by atoms with Crippen molar-refractivity contribution in [3.8, 4) is 5.75 Å². The van der Waals surface area contributed by atoms with Gasteiger partial charge < -0.3 is 19.5 Å². The molecule has 164 valence electrons. The van der Waals surface area contributed by atoms with Crippen LogP contribution in [-0.2, 0) is 4.74 Å². The molecule has 0 spiro atoms. The van der Waals surface area contributed by atoms with Gasteiger partial charge in [0.05, 0.1) is 24.8 Å². The van der Waals surface area contributed by atoms with Crippen LogP contribution in [0.5, 0.6) is 5.75 Å². The SMILES string of the molecule is OC(N[C@H]1CC[C@@H](Oc2cc(N3CCOCC3)cc3nccnc23)CC1)c1nccs1. The van der Waals surface area contributed by atoms with Crippen LogP contribution in [0.1, 0.15) is 36.9 Å². The van der Waals surface area contributed by atoms with E-state index in [9.17, 15) is 5.11 Å². The van der Waals surface area contributed by atoms with E-state index in [1.165, 1.54) is 11.3 Å². The van der Waals surface area contributed by atoms with Gasteiger partial charge in [-0.25, -0.2) is 9.97 Å². The Balaban J connectivity index is 1.26. The standard InChI is InChI=1S/C22H27N5O3S/c28-21(22-25-7-12-31-22)26-15-1-3-17(4-2-15)30-19-14-16(27-8-10-29-11-9-27)13-18-20(19)24-6-5-23-18/h5-7,12-15,17,21,26,28H,1-4,8-11H2/t15-,17+,21?. The van der Waals surface area contributed by atoms with Crippen molar-refractivity contribution in [2.24, 2.45) is 0 Å². The molecule has 0 amide bonds. The number of benzene rings is 1. The van der Waals surface area contributed by atoms with Gasteiger partial charge in [-0.2, -0.15) is 0 Å². The minimum absolute atomic E-state index is 0.125. The molecule has 31 heavy (non-hydrogen) atoms. The second-order valence-corrected chi connectivity index (χ2v) is 8.92. The van der Waals surface area contributed by atoms with Gasteiger partial charge in [0, 0.05) is 54.9 Å². The van der Waals surface area contributed by atoms with E-state index in [-0.39, 0.29) is 12.1 Å². The molecule has 9 heteroatoms. The maximum Gasteiger partial charge on any atom is 0.157 e. The minimum atomic E-state index is -0.702. The van der Waals surface area contributed by atoms with Gasteiger partial charge in [-0.1, -0.05) is 0 Å². The van der Waals surface area contributed by atoms with Gasteiger partial charge in [-0.05, 0) is 31.7 Å². The zero-order valence-electron chi connectivity index (χ0n) is 17.3. The fraction of sp³-hybridized carbons (Fsp3) is 0.500. The first kappa shape index (κ1) is 20.6. The molecule has 1 aliphatic heterocycles. The van der Waals surface area contributed by atoms with E-state index in [1.807, 2.05) is 5.38 Å². The monoisotopic (exact) mass is 441 g/mol. The maximum absolute atomic E-state index is 10.3. The molecule has 3 aromatic rings. The number of thiazole rings is 1. The molecule has 1 aromatic carbocycles. The van der Waals surface area contributed by atoms with Crippen LogP contribution in [0.3, 0.4) is 0 Å². The topological polar surface area (TPSA) is 92.6 Å². The summed E-state index contributed by atoms with van der Waals surface area (Å²) >= 11 is 1.46. The second kappa shape index (κ2) is 9.44. The molecule has 2 fully saturated rings. The van der Waals surface area contributed by atoms with Gasteiger partial charge in [-0.15, -0.1) is 11.3 Å². The molecule has 2 N–H and O–H groups in total. The van der Waals surface area contributed by atoms with Crippen molar-refractivity contribution >= 4 is 28.1 Å². The Morgan fingerprint density at radius 2 is 1.87 bits per heavy atom. The fourth-order valence-corrected chi connectivity index (χ4v) is 4.89. The second-order valence-electron chi connectivity index (χ2n) is 8.00. The Kier molecular flexibility index (Phi) is 6.26. The third-order valence-electron chi connectivity index (χ3n) is 5.95. The van der Waals surface area contributed by atoms with Crippen LogP contribution in [0.2, 0.25) is 0 Å². The lowest BCUT2D eigenvalue weighted by atomic mass is 9.93. The van der Waals surface area contributed by atoms with E-state index in [4.69, 9.17) is 9.47 Å². The smallest absolute Gasteiger partial charge is 0.157 e. The van der Waals surface area contributed by atoms with Crippen LogP contribution in [-0.4, -0.2) is 58.5 Å². The number of anilines is 1. The number of nitrogens with zero attached hydrogens (tertiary/aromatic N) is 4. The average Bonchev–Trinajstić information content (AvgIpc) is 3.36.